The Morgan fingerprint density at radius 1 is 1.29 bits per heavy atom. The lowest BCUT2D eigenvalue weighted by atomic mass is 9.76. The molecule has 1 N–H and O–H groups in total. The summed E-state index contributed by atoms with van der Waals surface area (Å²) in [7, 11) is 1.49. The Morgan fingerprint density at radius 3 is 2.67 bits per heavy atom. The second-order valence-electron chi connectivity index (χ2n) is 7.22. The number of nitrogens with zero attached hydrogens (tertiary/aromatic N) is 1. The van der Waals surface area contributed by atoms with Crippen LogP contribution in [0.4, 0.5) is 0 Å². The normalized spacial score (nSPS) is 24.4. The molecule has 0 radical (unpaired) electrons. The van der Waals surface area contributed by atoms with Gasteiger partial charge in [-0.05, 0) is 48.9 Å². The van der Waals surface area contributed by atoms with Crippen LogP contribution in [0.25, 0.3) is 0 Å². The maximum absolute atomic E-state index is 11.8. The number of fused-ring (bicyclic) bond motifs is 1. The summed E-state index contributed by atoms with van der Waals surface area (Å²) < 4.78 is 4.93. The van der Waals surface area contributed by atoms with Gasteiger partial charge >= 0.3 is 5.97 Å². The van der Waals surface area contributed by atoms with Crippen molar-refractivity contribution in [2.45, 2.75) is 25.7 Å². The average Bonchev–Trinajstić information content (AvgIpc) is 3.10. The van der Waals surface area contributed by atoms with Crippen molar-refractivity contribution in [1.82, 2.24) is 4.90 Å². The highest BCUT2D eigenvalue weighted by Crippen LogP contribution is 2.51. The zero-order valence-electron chi connectivity index (χ0n) is 12.4. The molecule has 0 atom stereocenters. The van der Waals surface area contributed by atoms with Gasteiger partial charge < -0.3 is 14.7 Å². The fourth-order valence-electron chi connectivity index (χ4n) is 4.28. The summed E-state index contributed by atoms with van der Waals surface area (Å²) in [6, 6.07) is 5.74. The molecule has 112 valence electrons. The number of hydrogen-bond acceptors (Lipinski definition) is 4. The Bertz CT molecular complexity index is 600. The van der Waals surface area contributed by atoms with Gasteiger partial charge in [-0.25, -0.2) is 0 Å². The Morgan fingerprint density at radius 2 is 2.00 bits per heavy atom. The summed E-state index contributed by atoms with van der Waals surface area (Å²) in [5.41, 5.74) is 2.80. The van der Waals surface area contributed by atoms with E-state index in [0.29, 0.717) is 11.2 Å². The molecule has 1 saturated carbocycles. The summed E-state index contributed by atoms with van der Waals surface area (Å²) in [6.45, 7) is 2.96. The number of benzene rings is 1. The molecule has 1 aromatic rings. The lowest BCUT2D eigenvalue weighted by Crippen LogP contribution is -2.58. The van der Waals surface area contributed by atoms with Gasteiger partial charge in [-0.15, -0.1) is 0 Å². The number of methoxy groups -OCH3 is 1. The highest BCUT2D eigenvalue weighted by Gasteiger charge is 2.56. The van der Waals surface area contributed by atoms with Crippen molar-refractivity contribution in [2.75, 3.05) is 26.7 Å². The number of likely N-dealkylation sites (tertiary alicyclic amines) is 1. The summed E-state index contributed by atoms with van der Waals surface area (Å²) in [5, 5.41) is 9.60. The van der Waals surface area contributed by atoms with Crippen molar-refractivity contribution in [3.05, 3.63) is 29.3 Å². The van der Waals surface area contributed by atoms with Crippen LogP contribution in [0.15, 0.2) is 18.2 Å². The zero-order valence-corrected chi connectivity index (χ0v) is 12.4. The van der Waals surface area contributed by atoms with E-state index < -0.39 is 0 Å². The van der Waals surface area contributed by atoms with E-state index in [2.05, 4.69) is 11.0 Å². The van der Waals surface area contributed by atoms with E-state index in [4.69, 9.17) is 4.74 Å². The van der Waals surface area contributed by atoms with Crippen LogP contribution in [-0.2, 0) is 22.4 Å². The molecule has 2 aliphatic carbocycles. The maximum Gasteiger partial charge on any atom is 0.313 e. The average molecular weight is 287 g/mol. The van der Waals surface area contributed by atoms with Crippen molar-refractivity contribution in [3.8, 4) is 5.75 Å². The Hall–Kier alpha value is -1.55. The minimum Gasteiger partial charge on any atom is -0.508 e. The van der Waals surface area contributed by atoms with Crippen LogP contribution in [0, 0.1) is 10.8 Å². The Labute approximate surface area is 124 Å². The summed E-state index contributed by atoms with van der Waals surface area (Å²) in [5.74, 6) is 0.327. The second kappa shape index (κ2) is 4.23. The van der Waals surface area contributed by atoms with Gasteiger partial charge in [0.2, 0.25) is 0 Å². The molecule has 0 bridgehead atoms. The molecular weight excluding hydrogens is 266 g/mol. The summed E-state index contributed by atoms with van der Waals surface area (Å²) in [4.78, 5) is 14.2. The number of phenolic OH excluding ortho intramolecular Hbond substituents is 1. The van der Waals surface area contributed by atoms with Gasteiger partial charge in [-0.1, -0.05) is 6.07 Å². The molecule has 21 heavy (non-hydrogen) atoms. The lowest BCUT2D eigenvalue weighted by molar-refractivity contribution is -0.149. The van der Waals surface area contributed by atoms with E-state index in [0.717, 1.165) is 45.3 Å². The van der Waals surface area contributed by atoms with E-state index in [9.17, 15) is 9.90 Å². The number of hydrogen-bond donors (Lipinski definition) is 1. The largest absolute Gasteiger partial charge is 0.508 e. The molecule has 3 aliphatic rings. The first-order valence-electron chi connectivity index (χ1n) is 7.66. The molecule has 0 aromatic heterocycles. The van der Waals surface area contributed by atoms with Crippen LogP contribution in [0.1, 0.15) is 24.0 Å². The van der Waals surface area contributed by atoms with Gasteiger partial charge in [0.15, 0.2) is 0 Å². The van der Waals surface area contributed by atoms with Crippen LogP contribution in [0.2, 0.25) is 0 Å². The minimum absolute atomic E-state index is 0.0388. The van der Waals surface area contributed by atoms with Crippen molar-refractivity contribution >= 4 is 5.97 Å². The highest BCUT2D eigenvalue weighted by molar-refractivity contribution is 5.80. The SMILES string of the molecule is COC(=O)C1(CN2CC3(Cc4ccc(O)cc4C3)C2)CC1. The van der Waals surface area contributed by atoms with Crippen molar-refractivity contribution in [1.29, 1.82) is 0 Å². The zero-order chi connectivity index (χ0) is 14.7. The Kier molecular flexibility index (Phi) is 2.65. The van der Waals surface area contributed by atoms with E-state index >= 15 is 0 Å². The standard InChI is InChI=1S/C17H21NO3/c1-21-15(20)17(4-5-17)11-18-9-16(10-18)7-12-2-3-14(19)6-13(12)8-16/h2-3,6,19H,4-5,7-11H2,1H3. The molecule has 4 nitrogen and oxygen atoms in total. The predicted molar refractivity (Wildman–Crippen MR) is 78.1 cm³/mol. The van der Waals surface area contributed by atoms with Crippen LogP contribution >= 0.6 is 0 Å². The van der Waals surface area contributed by atoms with Crippen LogP contribution in [0.3, 0.4) is 0 Å². The van der Waals surface area contributed by atoms with Crippen molar-refractivity contribution < 1.29 is 14.6 Å². The molecule has 1 aliphatic heterocycles. The number of ether oxygens (including phenoxy) is 1. The molecule has 1 heterocycles. The molecular formula is C17H21NO3. The van der Waals surface area contributed by atoms with E-state index in [-0.39, 0.29) is 11.4 Å². The maximum atomic E-state index is 11.8. The monoisotopic (exact) mass is 287 g/mol. The third kappa shape index (κ3) is 2.04. The van der Waals surface area contributed by atoms with Gasteiger partial charge in [0, 0.05) is 25.0 Å². The Balaban J connectivity index is 1.39. The molecule has 2 fully saturated rings. The lowest BCUT2D eigenvalue weighted by Gasteiger charge is -2.49. The quantitative estimate of drug-likeness (QED) is 0.861. The molecule has 0 unspecified atom stereocenters. The number of aromatic hydroxyl groups is 1. The third-order valence-electron chi connectivity index (χ3n) is 5.44. The van der Waals surface area contributed by atoms with Crippen molar-refractivity contribution in [2.24, 2.45) is 10.8 Å². The minimum atomic E-state index is -0.208. The first kappa shape index (κ1) is 13.1. The first-order chi connectivity index (χ1) is 10.0. The molecule has 1 spiro atoms. The number of esters is 1. The van der Waals surface area contributed by atoms with Gasteiger partial charge in [0.1, 0.15) is 5.75 Å². The number of carbonyl (C=O) groups excluding carboxylic acids is 1. The number of phenols is 1. The van der Waals surface area contributed by atoms with Crippen LogP contribution in [-0.4, -0.2) is 42.7 Å². The number of rotatable bonds is 3. The van der Waals surface area contributed by atoms with E-state index in [1.807, 2.05) is 6.07 Å². The first-order valence-corrected chi connectivity index (χ1v) is 7.66. The smallest absolute Gasteiger partial charge is 0.313 e. The van der Waals surface area contributed by atoms with E-state index in [1.54, 1.807) is 6.07 Å². The fraction of sp³-hybridized carbons (Fsp3) is 0.588. The molecule has 0 amide bonds. The topological polar surface area (TPSA) is 49.8 Å². The van der Waals surface area contributed by atoms with Gasteiger partial charge in [-0.3, -0.25) is 4.79 Å². The van der Waals surface area contributed by atoms with E-state index in [1.165, 1.54) is 18.2 Å². The molecule has 4 heteroatoms. The van der Waals surface area contributed by atoms with Gasteiger partial charge in [0.25, 0.3) is 0 Å². The molecule has 1 aromatic carbocycles. The summed E-state index contributed by atoms with van der Waals surface area (Å²) >= 11 is 0. The predicted octanol–water partition coefficient (Wildman–Crippen LogP) is 1.75. The number of carbonyl (C=O) groups is 1. The van der Waals surface area contributed by atoms with Crippen LogP contribution in [0.5, 0.6) is 5.75 Å². The van der Waals surface area contributed by atoms with Crippen LogP contribution < -0.4 is 0 Å². The third-order valence-corrected chi connectivity index (χ3v) is 5.44. The summed E-state index contributed by atoms with van der Waals surface area (Å²) in [6.07, 6.45) is 4.09. The van der Waals surface area contributed by atoms with Gasteiger partial charge in [0.05, 0.1) is 12.5 Å². The molecule has 1 saturated heterocycles. The second-order valence-corrected chi connectivity index (χ2v) is 7.22. The fourth-order valence-corrected chi connectivity index (χ4v) is 4.28. The molecule has 4 rings (SSSR count). The highest BCUT2D eigenvalue weighted by atomic mass is 16.5. The van der Waals surface area contributed by atoms with Crippen molar-refractivity contribution in [3.63, 3.8) is 0 Å². The van der Waals surface area contributed by atoms with Gasteiger partial charge in [-0.2, -0.15) is 0 Å².